The third kappa shape index (κ3) is 1.75. The molecule has 3 N–H and O–H groups in total. The molecule has 0 amide bonds. The molecular weight excluding hydrogens is 176 g/mol. The maximum atomic E-state index is 9.04. The van der Waals surface area contributed by atoms with Crippen LogP contribution in [0.4, 0.5) is 0 Å². The van der Waals surface area contributed by atoms with Crippen molar-refractivity contribution in [2.75, 3.05) is 0 Å². The van der Waals surface area contributed by atoms with E-state index in [1.807, 2.05) is 0 Å². The van der Waals surface area contributed by atoms with Gasteiger partial charge in [0, 0.05) is 0 Å². The summed E-state index contributed by atoms with van der Waals surface area (Å²) in [6, 6.07) is 2.71. The molecule has 1 aromatic rings. The molecule has 0 aliphatic rings. The molecule has 12 heavy (non-hydrogen) atoms. The summed E-state index contributed by atoms with van der Waals surface area (Å²) in [4.78, 5) is 3.86. The Bertz CT molecular complexity index is 301. The van der Waals surface area contributed by atoms with Crippen LogP contribution in [0.25, 0.3) is 0 Å². The maximum absolute atomic E-state index is 9.04. The summed E-state index contributed by atoms with van der Waals surface area (Å²) < 4.78 is 0. The molecule has 0 fully saturated rings. The highest BCUT2D eigenvalue weighted by Gasteiger charge is 2.05. The van der Waals surface area contributed by atoms with Gasteiger partial charge in [-0.3, -0.25) is 0 Å². The molecule has 0 aromatic carbocycles. The zero-order valence-electron chi connectivity index (χ0n) is 6.37. The highest BCUT2D eigenvalue weighted by molar-refractivity contribution is 6.30. The molecule has 0 aliphatic heterocycles. The maximum Gasteiger partial charge on any atom is 0.171 e. The Kier molecular flexibility index (Phi) is 2.68. The van der Waals surface area contributed by atoms with Crippen LogP contribution in [0.15, 0.2) is 24.8 Å². The van der Waals surface area contributed by atoms with Gasteiger partial charge < -0.3 is 10.8 Å². The number of aromatic hydroxyl groups is 1. The van der Waals surface area contributed by atoms with Crippen LogP contribution >= 0.6 is 11.6 Å². The van der Waals surface area contributed by atoms with E-state index in [2.05, 4.69) is 11.6 Å². The van der Waals surface area contributed by atoms with Crippen LogP contribution < -0.4 is 5.73 Å². The van der Waals surface area contributed by atoms with Gasteiger partial charge in [-0.05, 0) is 12.1 Å². The molecule has 64 valence electrons. The van der Waals surface area contributed by atoms with E-state index < -0.39 is 0 Å². The molecule has 0 bridgehead atoms. The SMILES string of the molecule is C=C[C@H](N)c1ccc(O)c(Cl)n1. The Morgan fingerprint density at radius 1 is 1.67 bits per heavy atom. The highest BCUT2D eigenvalue weighted by Crippen LogP contribution is 2.22. The van der Waals surface area contributed by atoms with Crippen LogP contribution in [0.1, 0.15) is 11.7 Å². The lowest BCUT2D eigenvalue weighted by Crippen LogP contribution is -2.08. The van der Waals surface area contributed by atoms with E-state index in [1.54, 1.807) is 12.1 Å². The fourth-order valence-corrected chi connectivity index (χ4v) is 0.908. The summed E-state index contributed by atoms with van der Waals surface area (Å²) in [6.45, 7) is 3.52. The molecule has 3 nitrogen and oxygen atoms in total. The van der Waals surface area contributed by atoms with E-state index in [1.165, 1.54) is 6.07 Å². The molecule has 4 heteroatoms. The van der Waals surface area contributed by atoms with Gasteiger partial charge in [0.15, 0.2) is 10.9 Å². The Labute approximate surface area is 75.5 Å². The number of nitrogens with zero attached hydrogens (tertiary/aromatic N) is 1. The van der Waals surface area contributed by atoms with Gasteiger partial charge in [-0.2, -0.15) is 0 Å². The minimum Gasteiger partial charge on any atom is -0.505 e. The Hall–Kier alpha value is -1.06. The van der Waals surface area contributed by atoms with Crippen molar-refractivity contribution in [2.24, 2.45) is 5.73 Å². The summed E-state index contributed by atoms with van der Waals surface area (Å²) in [5.41, 5.74) is 6.18. The van der Waals surface area contributed by atoms with Crippen LogP contribution in [0, 0.1) is 0 Å². The molecule has 0 spiro atoms. The molecule has 0 radical (unpaired) electrons. The van der Waals surface area contributed by atoms with Crippen LogP contribution in [0.5, 0.6) is 5.75 Å². The first-order chi connectivity index (χ1) is 5.65. The largest absolute Gasteiger partial charge is 0.505 e. The fraction of sp³-hybridized carbons (Fsp3) is 0.125. The summed E-state index contributed by atoms with van der Waals surface area (Å²) in [5, 5.41) is 9.10. The first-order valence-corrected chi connectivity index (χ1v) is 3.76. The lowest BCUT2D eigenvalue weighted by molar-refractivity contribution is 0.472. The van der Waals surface area contributed by atoms with Crippen molar-refractivity contribution in [1.82, 2.24) is 4.98 Å². The van der Waals surface area contributed by atoms with Gasteiger partial charge in [-0.1, -0.05) is 17.7 Å². The Balaban J connectivity index is 3.04. The molecule has 1 rings (SSSR count). The number of hydrogen-bond donors (Lipinski definition) is 2. The fourth-order valence-electron chi connectivity index (χ4n) is 0.747. The van der Waals surface area contributed by atoms with Crippen LogP contribution in [0.2, 0.25) is 5.15 Å². The van der Waals surface area contributed by atoms with Crippen molar-refractivity contribution < 1.29 is 5.11 Å². The second-order valence-corrected chi connectivity index (χ2v) is 2.67. The van der Waals surface area contributed by atoms with Gasteiger partial charge in [0.2, 0.25) is 0 Å². The molecule has 1 atom stereocenters. The second-order valence-electron chi connectivity index (χ2n) is 2.31. The normalized spacial score (nSPS) is 12.5. The highest BCUT2D eigenvalue weighted by atomic mass is 35.5. The van der Waals surface area contributed by atoms with Crippen molar-refractivity contribution in [2.45, 2.75) is 6.04 Å². The van der Waals surface area contributed by atoms with Crippen molar-refractivity contribution >= 4 is 11.6 Å². The first-order valence-electron chi connectivity index (χ1n) is 3.38. The lowest BCUT2D eigenvalue weighted by atomic mass is 10.2. The van der Waals surface area contributed by atoms with E-state index in [-0.39, 0.29) is 16.9 Å². The third-order valence-electron chi connectivity index (χ3n) is 1.45. The summed E-state index contributed by atoms with van der Waals surface area (Å²) in [6.07, 6.45) is 1.55. The predicted molar refractivity (Wildman–Crippen MR) is 48.0 cm³/mol. The molecule has 0 aliphatic carbocycles. The van der Waals surface area contributed by atoms with Gasteiger partial charge in [-0.25, -0.2) is 4.98 Å². The van der Waals surface area contributed by atoms with Gasteiger partial charge >= 0.3 is 0 Å². The molecular formula is C8H9ClN2O. The van der Waals surface area contributed by atoms with Crippen LogP contribution in [-0.2, 0) is 0 Å². The molecule has 1 heterocycles. The zero-order chi connectivity index (χ0) is 9.14. The van der Waals surface area contributed by atoms with Crippen molar-refractivity contribution in [3.63, 3.8) is 0 Å². The Morgan fingerprint density at radius 2 is 2.33 bits per heavy atom. The summed E-state index contributed by atoms with van der Waals surface area (Å²) in [5.74, 6) is -0.0447. The number of halogens is 1. The minimum atomic E-state index is -0.344. The number of pyridine rings is 1. The van der Waals surface area contributed by atoms with Gasteiger partial charge in [0.05, 0.1) is 11.7 Å². The van der Waals surface area contributed by atoms with Crippen molar-refractivity contribution in [1.29, 1.82) is 0 Å². The second kappa shape index (κ2) is 3.56. The molecule has 0 unspecified atom stereocenters. The van der Waals surface area contributed by atoms with Gasteiger partial charge in [0.1, 0.15) is 0 Å². The van der Waals surface area contributed by atoms with E-state index in [4.69, 9.17) is 22.4 Å². The number of hydrogen-bond acceptors (Lipinski definition) is 3. The lowest BCUT2D eigenvalue weighted by Gasteiger charge is -2.05. The van der Waals surface area contributed by atoms with Crippen molar-refractivity contribution in [3.8, 4) is 5.75 Å². The average molecular weight is 185 g/mol. The number of nitrogens with two attached hydrogens (primary N) is 1. The molecule has 0 saturated heterocycles. The van der Waals surface area contributed by atoms with E-state index in [0.29, 0.717) is 5.69 Å². The monoisotopic (exact) mass is 184 g/mol. The quantitative estimate of drug-likeness (QED) is 0.543. The van der Waals surface area contributed by atoms with Crippen LogP contribution in [0.3, 0.4) is 0 Å². The van der Waals surface area contributed by atoms with Crippen molar-refractivity contribution in [3.05, 3.63) is 35.6 Å². The number of rotatable bonds is 2. The van der Waals surface area contributed by atoms with E-state index >= 15 is 0 Å². The average Bonchev–Trinajstić information content (AvgIpc) is 2.08. The van der Waals surface area contributed by atoms with E-state index in [9.17, 15) is 0 Å². The summed E-state index contributed by atoms with van der Waals surface area (Å²) in [7, 11) is 0. The van der Waals surface area contributed by atoms with E-state index in [0.717, 1.165) is 0 Å². The Morgan fingerprint density at radius 3 is 2.83 bits per heavy atom. The first kappa shape index (κ1) is 9.03. The zero-order valence-corrected chi connectivity index (χ0v) is 7.12. The smallest absolute Gasteiger partial charge is 0.171 e. The van der Waals surface area contributed by atoms with Gasteiger partial charge in [0.25, 0.3) is 0 Å². The third-order valence-corrected chi connectivity index (χ3v) is 1.72. The van der Waals surface area contributed by atoms with Crippen LogP contribution in [-0.4, -0.2) is 10.1 Å². The summed E-state index contributed by atoms with van der Waals surface area (Å²) >= 11 is 5.56. The topological polar surface area (TPSA) is 59.1 Å². The molecule has 0 saturated carbocycles. The molecule has 1 aromatic heterocycles. The standard InChI is InChI=1S/C8H9ClN2O/c1-2-5(10)6-3-4-7(12)8(9)11-6/h2-5,12H,1,10H2/t5-/m0/s1. The van der Waals surface area contributed by atoms with Gasteiger partial charge in [-0.15, -0.1) is 6.58 Å². The predicted octanol–water partition coefficient (Wildman–Crippen LogP) is 1.63. The minimum absolute atomic E-state index is 0.0447. The number of aromatic nitrogens is 1.